The van der Waals surface area contributed by atoms with Crippen LogP contribution in [0.25, 0.3) is 0 Å². The summed E-state index contributed by atoms with van der Waals surface area (Å²) < 4.78 is 68.3. The molecule has 1 aliphatic heterocycles. The van der Waals surface area contributed by atoms with Crippen LogP contribution in [0.1, 0.15) is 0 Å². The van der Waals surface area contributed by atoms with E-state index in [2.05, 4.69) is 19.2 Å². The van der Waals surface area contributed by atoms with E-state index < -0.39 is 20.0 Å². The monoisotopic (exact) mass is 546 g/mol. The van der Waals surface area contributed by atoms with Crippen LogP contribution >= 0.6 is 0 Å². The number of benzene rings is 3. The van der Waals surface area contributed by atoms with Crippen molar-refractivity contribution < 1.29 is 26.3 Å². The highest BCUT2D eigenvalue weighted by molar-refractivity contribution is 7.93. The third-order valence-electron chi connectivity index (χ3n) is 6.08. The molecule has 0 saturated carbocycles. The highest BCUT2D eigenvalue weighted by Gasteiger charge is 2.23. The molecule has 3 aromatic rings. The first kappa shape index (κ1) is 26.6. The quantitative estimate of drug-likeness (QED) is 0.421. The van der Waals surface area contributed by atoms with Crippen molar-refractivity contribution in [3.63, 3.8) is 0 Å². The van der Waals surface area contributed by atoms with Gasteiger partial charge >= 0.3 is 0 Å². The van der Waals surface area contributed by atoms with Crippen LogP contribution < -0.4 is 23.8 Å². The summed E-state index contributed by atoms with van der Waals surface area (Å²) >= 11 is 0. The molecule has 37 heavy (non-hydrogen) atoms. The zero-order valence-corrected chi connectivity index (χ0v) is 22.5. The summed E-state index contributed by atoms with van der Waals surface area (Å²) in [6.07, 6.45) is 0. The van der Waals surface area contributed by atoms with Gasteiger partial charge in [-0.2, -0.15) is 0 Å². The summed E-state index contributed by atoms with van der Waals surface area (Å²) in [5, 5.41) is 0. The van der Waals surface area contributed by atoms with Gasteiger partial charge in [0.25, 0.3) is 20.0 Å². The Hall–Kier alpha value is -3.48. The van der Waals surface area contributed by atoms with Crippen molar-refractivity contribution in [3.05, 3.63) is 66.7 Å². The number of piperazine rings is 1. The van der Waals surface area contributed by atoms with Crippen LogP contribution in [0.3, 0.4) is 0 Å². The van der Waals surface area contributed by atoms with Crippen LogP contribution in [-0.2, 0) is 20.0 Å². The lowest BCUT2D eigenvalue weighted by molar-refractivity contribution is 0.313. The maximum atomic E-state index is 13.3. The molecule has 1 heterocycles. The molecule has 12 heteroatoms. The second-order valence-electron chi connectivity index (χ2n) is 8.56. The normalized spacial score (nSPS) is 14.7. The molecular formula is C25H30N4O6S2. The van der Waals surface area contributed by atoms with Crippen molar-refractivity contribution in [2.75, 3.05) is 61.8 Å². The van der Waals surface area contributed by atoms with Gasteiger partial charge in [0.2, 0.25) is 0 Å². The number of nitrogens with zero attached hydrogens (tertiary/aromatic N) is 2. The maximum absolute atomic E-state index is 13.3. The number of methoxy groups -OCH3 is 2. The van der Waals surface area contributed by atoms with E-state index in [0.29, 0.717) is 5.75 Å². The lowest BCUT2D eigenvalue weighted by Gasteiger charge is -2.34. The number of likely N-dealkylation sites (N-methyl/N-ethyl adjacent to an activating group) is 1. The largest absolute Gasteiger partial charge is 0.493 e. The minimum Gasteiger partial charge on any atom is -0.493 e. The Bertz CT molecular complexity index is 1460. The molecule has 1 fully saturated rings. The van der Waals surface area contributed by atoms with Crippen LogP contribution in [0.5, 0.6) is 11.5 Å². The average molecular weight is 547 g/mol. The summed E-state index contributed by atoms with van der Waals surface area (Å²) in [6.45, 7) is 3.24. The summed E-state index contributed by atoms with van der Waals surface area (Å²) in [5.74, 6) is 0.634. The highest BCUT2D eigenvalue weighted by Crippen LogP contribution is 2.34. The van der Waals surface area contributed by atoms with Crippen molar-refractivity contribution in [2.24, 2.45) is 0 Å². The average Bonchev–Trinajstić information content (AvgIpc) is 2.90. The third kappa shape index (κ3) is 6.09. The Balaban J connectivity index is 1.71. The molecule has 1 saturated heterocycles. The van der Waals surface area contributed by atoms with Crippen molar-refractivity contribution in [2.45, 2.75) is 9.79 Å². The second-order valence-corrected chi connectivity index (χ2v) is 11.9. The number of sulfonamides is 2. The molecule has 3 aromatic carbocycles. The molecule has 2 N–H and O–H groups in total. The summed E-state index contributed by atoms with van der Waals surface area (Å²) in [4.78, 5) is 4.34. The Morgan fingerprint density at radius 1 is 0.676 bits per heavy atom. The predicted molar refractivity (Wildman–Crippen MR) is 144 cm³/mol. The van der Waals surface area contributed by atoms with Gasteiger partial charge in [-0.15, -0.1) is 0 Å². The molecule has 10 nitrogen and oxygen atoms in total. The van der Waals surface area contributed by atoms with Crippen LogP contribution in [0.2, 0.25) is 0 Å². The first-order valence-electron chi connectivity index (χ1n) is 11.5. The lowest BCUT2D eigenvalue weighted by Crippen LogP contribution is -2.44. The van der Waals surface area contributed by atoms with Gasteiger partial charge in [0.05, 0.1) is 35.4 Å². The van der Waals surface area contributed by atoms with E-state index in [1.54, 1.807) is 36.4 Å². The van der Waals surface area contributed by atoms with Gasteiger partial charge in [0.1, 0.15) is 0 Å². The van der Waals surface area contributed by atoms with E-state index in [-0.39, 0.29) is 26.9 Å². The third-order valence-corrected chi connectivity index (χ3v) is 8.82. The SMILES string of the molecule is COc1ccc(S(=O)(=O)Nc2ccc(N3CCN(C)CC3)cc2NS(=O)(=O)c2ccccc2)cc1OC. The molecular weight excluding hydrogens is 516 g/mol. The predicted octanol–water partition coefficient (Wildman–Crippen LogP) is 3.06. The fourth-order valence-corrected chi connectivity index (χ4v) is 6.14. The minimum absolute atomic E-state index is 0.0636. The highest BCUT2D eigenvalue weighted by atomic mass is 32.2. The van der Waals surface area contributed by atoms with Gasteiger partial charge in [-0.1, -0.05) is 18.2 Å². The van der Waals surface area contributed by atoms with E-state index in [9.17, 15) is 16.8 Å². The summed E-state index contributed by atoms with van der Waals surface area (Å²) in [6, 6.07) is 17.1. The van der Waals surface area contributed by atoms with Crippen LogP contribution in [0, 0.1) is 0 Å². The van der Waals surface area contributed by atoms with Crippen molar-refractivity contribution >= 4 is 37.1 Å². The molecule has 0 radical (unpaired) electrons. The van der Waals surface area contributed by atoms with E-state index in [4.69, 9.17) is 9.47 Å². The zero-order chi connectivity index (χ0) is 26.6. The molecule has 0 aliphatic carbocycles. The number of anilines is 3. The number of rotatable bonds is 9. The number of ether oxygens (including phenoxy) is 2. The maximum Gasteiger partial charge on any atom is 0.262 e. The minimum atomic E-state index is -4.10. The fraction of sp³-hybridized carbons (Fsp3) is 0.280. The second kappa shape index (κ2) is 10.9. The fourth-order valence-electron chi connectivity index (χ4n) is 3.96. The van der Waals surface area contributed by atoms with E-state index in [1.807, 2.05) is 7.05 Å². The Morgan fingerprint density at radius 3 is 1.95 bits per heavy atom. The summed E-state index contributed by atoms with van der Waals surface area (Å²) in [7, 11) is -3.17. The van der Waals surface area contributed by atoms with Gasteiger partial charge in [0.15, 0.2) is 11.5 Å². The first-order valence-corrected chi connectivity index (χ1v) is 14.5. The topological polar surface area (TPSA) is 117 Å². The van der Waals surface area contributed by atoms with Crippen LogP contribution in [0.15, 0.2) is 76.5 Å². The molecule has 198 valence electrons. The molecule has 4 rings (SSSR count). The van der Waals surface area contributed by atoms with Gasteiger partial charge in [-0.3, -0.25) is 9.44 Å². The smallest absolute Gasteiger partial charge is 0.262 e. The van der Waals surface area contributed by atoms with Gasteiger partial charge in [-0.05, 0) is 49.5 Å². The van der Waals surface area contributed by atoms with Crippen LogP contribution in [0.4, 0.5) is 17.1 Å². The van der Waals surface area contributed by atoms with Gasteiger partial charge in [-0.25, -0.2) is 16.8 Å². The van der Waals surface area contributed by atoms with Gasteiger partial charge < -0.3 is 19.3 Å². The van der Waals surface area contributed by atoms with Crippen molar-refractivity contribution in [1.29, 1.82) is 0 Å². The standard InChI is InChI=1S/C25H30N4O6S2/c1-28-13-15-29(16-14-28)19-9-11-22(23(17-19)27-36(30,31)20-7-5-4-6-8-20)26-37(32,33)21-10-12-24(34-2)25(18-21)35-3/h4-12,17-18,26-27H,13-16H2,1-3H3. The molecule has 0 spiro atoms. The van der Waals surface area contributed by atoms with E-state index in [0.717, 1.165) is 31.9 Å². The molecule has 0 bridgehead atoms. The molecule has 1 aliphatic rings. The molecule has 0 unspecified atom stereocenters. The Kier molecular flexibility index (Phi) is 7.81. The molecule has 0 aromatic heterocycles. The Morgan fingerprint density at radius 2 is 1.30 bits per heavy atom. The molecule has 0 atom stereocenters. The zero-order valence-electron chi connectivity index (χ0n) is 20.8. The summed E-state index contributed by atoms with van der Waals surface area (Å²) in [5.41, 5.74) is 0.990. The van der Waals surface area contributed by atoms with E-state index >= 15 is 0 Å². The Labute approximate surface area is 217 Å². The first-order chi connectivity index (χ1) is 17.6. The van der Waals surface area contributed by atoms with Gasteiger partial charge in [0, 0.05) is 37.9 Å². The van der Waals surface area contributed by atoms with Crippen LogP contribution in [-0.4, -0.2) is 69.2 Å². The number of hydrogen-bond acceptors (Lipinski definition) is 8. The number of nitrogens with one attached hydrogen (secondary N) is 2. The molecule has 0 amide bonds. The number of hydrogen-bond donors (Lipinski definition) is 2. The lowest BCUT2D eigenvalue weighted by atomic mass is 10.2. The van der Waals surface area contributed by atoms with Crippen molar-refractivity contribution in [3.8, 4) is 11.5 Å². The van der Waals surface area contributed by atoms with Crippen molar-refractivity contribution in [1.82, 2.24) is 4.90 Å². The van der Waals surface area contributed by atoms with E-state index in [1.165, 1.54) is 44.6 Å².